The molecule has 0 spiro atoms. The summed E-state index contributed by atoms with van der Waals surface area (Å²) >= 11 is 0. The minimum atomic E-state index is 0.333. The highest BCUT2D eigenvalue weighted by Crippen LogP contribution is 2.21. The Bertz CT molecular complexity index is 266. The third kappa shape index (κ3) is 3.92. The van der Waals surface area contributed by atoms with E-state index < -0.39 is 0 Å². The molecular formula is C13H20O2. The minimum absolute atomic E-state index is 0.333. The van der Waals surface area contributed by atoms with Gasteiger partial charge in [0.25, 0.3) is 0 Å². The molecule has 0 fully saturated rings. The summed E-state index contributed by atoms with van der Waals surface area (Å²) in [6, 6.07) is 8.24. The van der Waals surface area contributed by atoms with Gasteiger partial charge in [0.15, 0.2) is 6.79 Å². The molecule has 0 aliphatic rings. The highest BCUT2D eigenvalue weighted by atomic mass is 16.7. The van der Waals surface area contributed by atoms with Crippen LogP contribution >= 0.6 is 0 Å². The van der Waals surface area contributed by atoms with E-state index >= 15 is 0 Å². The smallest absolute Gasteiger partial charge is 0.189 e. The van der Waals surface area contributed by atoms with Crippen LogP contribution in [-0.4, -0.2) is 13.4 Å². The Balaban J connectivity index is 2.49. The van der Waals surface area contributed by atoms with E-state index in [-0.39, 0.29) is 0 Å². The van der Waals surface area contributed by atoms with Crippen LogP contribution in [-0.2, 0) is 4.74 Å². The first kappa shape index (κ1) is 12.1. The van der Waals surface area contributed by atoms with Gasteiger partial charge in [0.2, 0.25) is 0 Å². The first-order valence-electron chi connectivity index (χ1n) is 5.58. The molecule has 2 nitrogen and oxygen atoms in total. The Kier molecular flexibility index (Phi) is 5.19. The molecule has 84 valence electrons. The summed E-state index contributed by atoms with van der Waals surface area (Å²) in [4.78, 5) is 0. The van der Waals surface area contributed by atoms with Crippen LogP contribution in [0.1, 0.15) is 38.7 Å². The van der Waals surface area contributed by atoms with E-state index in [4.69, 9.17) is 9.47 Å². The molecule has 0 amide bonds. The zero-order chi connectivity index (χ0) is 11.1. The van der Waals surface area contributed by atoms with E-state index in [0.29, 0.717) is 19.3 Å². The van der Waals surface area contributed by atoms with Gasteiger partial charge >= 0.3 is 0 Å². The van der Waals surface area contributed by atoms with Crippen molar-refractivity contribution in [2.75, 3.05) is 13.4 Å². The Hall–Kier alpha value is -1.02. The number of hydrogen-bond acceptors (Lipinski definition) is 2. The van der Waals surface area contributed by atoms with Crippen molar-refractivity contribution < 1.29 is 9.47 Å². The second-order valence-electron chi connectivity index (χ2n) is 3.63. The largest absolute Gasteiger partial charge is 0.468 e. The fourth-order valence-electron chi connectivity index (χ4n) is 1.32. The lowest BCUT2D eigenvalue weighted by atomic mass is 9.99. The lowest BCUT2D eigenvalue weighted by molar-refractivity contribution is 0.0224. The van der Waals surface area contributed by atoms with E-state index in [0.717, 1.165) is 5.75 Å². The number of ether oxygens (including phenoxy) is 2. The van der Waals surface area contributed by atoms with Gasteiger partial charge in [-0.25, -0.2) is 0 Å². The van der Waals surface area contributed by atoms with Crippen LogP contribution in [0.15, 0.2) is 24.3 Å². The highest BCUT2D eigenvalue weighted by Gasteiger charge is 2.02. The SMILES string of the molecule is CCOCOc1ccc(C(C)CC)cc1. The fourth-order valence-corrected chi connectivity index (χ4v) is 1.32. The lowest BCUT2D eigenvalue weighted by Crippen LogP contribution is -2.02. The molecule has 0 saturated carbocycles. The Labute approximate surface area is 92.2 Å². The summed E-state index contributed by atoms with van der Waals surface area (Å²) in [5.74, 6) is 1.49. The molecular weight excluding hydrogens is 188 g/mol. The van der Waals surface area contributed by atoms with E-state index in [9.17, 15) is 0 Å². The van der Waals surface area contributed by atoms with Crippen LogP contribution in [0.2, 0.25) is 0 Å². The van der Waals surface area contributed by atoms with Crippen molar-refractivity contribution in [1.82, 2.24) is 0 Å². The van der Waals surface area contributed by atoms with Crippen molar-refractivity contribution in [3.8, 4) is 5.75 Å². The average molecular weight is 208 g/mol. The van der Waals surface area contributed by atoms with Gasteiger partial charge in [0.1, 0.15) is 5.75 Å². The molecule has 0 N–H and O–H groups in total. The first-order chi connectivity index (χ1) is 7.27. The zero-order valence-electron chi connectivity index (χ0n) is 9.82. The molecule has 1 unspecified atom stereocenters. The van der Waals surface area contributed by atoms with Crippen LogP contribution in [0.5, 0.6) is 5.75 Å². The van der Waals surface area contributed by atoms with E-state index in [1.807, 2.05) is 19.1 Å². The Morgan fingerprint density at radius 1 is 1.13 bits per heavy atom. The maximum atomic E-state index is 5.39. The van der Waals surface area contributed by atoms with Crippen molar-refractivity contribution >= 4 is 0 Å². The fraction of sp³-hybridized carbons (Fsp3) is 0.538. The molecule has 0 saturated heterocycles. The maximum absolute atomic E-state index is 5.39. The number of rotatable bonds is 6. The molecule has 1 aromatic carbocycles. The summed E-state index contributed by atoms with van der Waals surface area (Å²) in [6.07, 6.45) is 1.17. The van der Waals surface area contributed by atoms with Gasteiger partial charge in [-0.2, -0.15) is 0 Å². The van der Waals surface area contributed by atoms with E-state index in [1.165, 1.54) is 12.0 Å². The van der Waals surface area contributed by atoms with Crippen LogP contribution in [0.4, 0.5) is 0 Å². The topological polar surface area (TPSA) is 18.5 Å². The van der Waals surface area contributed by atoms with Crippen molar-refractivity contribution in [2.45, 2.75) is 33.1 Å². The molecule has 0 aliphatic carbocycles. The molecule has 1 aromatic rings. The van der Waals surface area contributed by atoms with Crippen molar-refractivity contribution in [2.24, 2.45) is 0 Å². The summed E-state index contributed by atoms with van der Waals surface area (Å²) in [5, 5.41) is 0. The summed E-state index contributed by atoms with van der Waals surface area (Å²) in [6.45, 7) is 7.40. The normalized spacial score (nSPS) is 12.5. The number of hydrogen-bond donors (Lipinski definition) is 0. The molecule has 15 heavy (non-hydrogen) atoms. The molecule has 0 radical (unpaired) electrons. The first-order valence-corrected chi connectivity index (χ1v) is 5.58. The molecule has 1 atom stereocenters. The quantitative estimate of drug-likeness (QED) is 0.525. The third-order valence-corrected chi connectivity index (χ3v) is 2.57. The summed E-state index contributed by atoms with van der Waals surface area (Å²) in [7, 11) is 0. The molecule has 0 bridgehead atoms. The van der Waals surface area contributed by atoms with Crippen LogP contribution < -0.4 is 4.74 Å². The third-order valence-electron chi connectivity index (χ3n) is 2.57. The molecule has 0 aliphatic heterocycles. The van der Waals surface area contributed by atoms with Crippen molar-refractivity contribution in [3.05, 3.63) is 29.8 Å². The van der Waals surface area contributed by atoms with Gasteiger partial charge in [-0.15, -0.1) is 0 Å². The standard InChI is InChI=1S/C13H20O2/c1-4-11(3)12-6-8-13(9-7-12)15-10-14-5-2/h6-9,11H,4-5,10H2,1-3H3. The Morgan fingerprint density at radius 3 is 2.33 bits per heavy atom. The lowest BCUT2D eigenvalue weighted by Gasteiger charge is -2.10. The minimum Gasteiger partial charge on any atom is -0.468 e. The molecule has 0 heterocycles. The zero-order valence-corrected chi connectivity index (χ0v) is 9.82. The van der Waals surface area contributed by atoms with Gasteiger partial charge in [-0.1, -0.05) is 26.0 Å². The van der Waals surface area contributed by atoms with Crippen LogP contribution in [0, 0.1) is 0 Å². The maximum Gasteiger partial charge on any atom is 0.189 e. The van der Waals surface area contributed by atoms with Gasteiger partial charge < -0.3 is 9.47 Å². The predicted molar refractivity (Wildman–Crippen MR) is 62.3 cm³/mol. The molecule has 2 heteroatoms. The average Bonchev–Trinajstić information content (AvgIpc) is 2.29. The van der Waals surface area contributed by atoms with Gasteiger partial charge in [-0.05, 0) is 37.0 Å². The summed E-state index contributed by atoms with van der Waals surface area (Å²) < 4.78 is 10.5. The van der Waals surface area contributed by atoms with E-state index in [1.54, 1.807) is 0 Å². The van der Waals surface area contributed by atoms with E-state index in [2.05, 4.69) is 26.0 Å². The van der Waals surface area contributed by atoms with Gasteiger partial charge in [0, 0.05) is 6.61 Å². The second-order valence-corrected chi connectivity index (χ2v) is 3.63. The van der Waals surface area contributed by atoms with Crippen molar-refractivity contribution in [3.63, 3.8) is 0 Å². The Morgan fingerprint density at radius 2 is 1.80 bits per heavy atom. The monoisotopic (exact) mass is 208 g/mol. The predicted octanol–water partition coefficient (Wildman–Crippen LogP) is 3.57. The van der Waals surface area contributed by atoms with Crippen LogP contribution in [0.3, 0.4) is 0 Å². The van der Waals surface area contributed by atoms with Gasteiger partial charge in [-0.3, -0.25) is 0 Å². The van der Waals surface area contributed by atoms with Crippen LogP contribution in [0.25, 0.3) is 0 Å². The van der Waals surface area contributed by atoms with Gasteiger partial charge in [0.05, 0.1) is 0 Å². The summed E-state index contributed by atoms with van der Waals surface area (Å²) in [5.41, 5.74) is 1.36. The highest BCUT2D eigenvalue weighted by molar-refractivity contribution is 5.28. The second kappa shape index (κ2) is 6.46. The number of benzene rings is 1. The van der Waals surface area contributed by atoms with Crippen molar-refractivity contribution in [1.29, 1.82) is 0 Å². The molecule has 0 aromatic heterocycles. The molecule has 1 rings (SSSR count).